The van der Waals surface area contributed by atoms with Crippen molar-refractivity contribution in [1.29, 1.82) is 0 Å². The van der Waals surface area contributed by atoms with E-state index in [1.807, 2.05) is 13.8 Å². The minimum Gasteiger partial charge on any atom is -0.339 e. The largest absolute Gasteiger partial charge is 0.339 e. The van der Waals surface area contributed by atoms with Gasteiger partial charge in [0.25, 0.3) is 5.91 Å². The van der Waals surface area contributed by atoms with Gasteiger partial charge < -0.3 is 4.90 Å². The van der Waals surface area contributed by atoms with Crippen molar-refractivity contribution in [2.24, 2.45) is 11.8 Å². The summed E-state index contributed by atoms with van der Waals surface area (Å²) in [5.41, 5.74) is 0.516. The number of carbonyl (C=O) groups is 1. The Morgan fingerprint density at radius 2 is 1.72 bits per heavy atom. The van der Waals surface area contributed by atoms with Gasteiger partial charge in [-0.3, -0.25) is 4.79 Å². The number of nitrogens with zero attached hydrogens (tertiary/aromatic N) is 1. The van der Waals surface area contributed by atoms with E-state index >= 15 is 0 Å². The molecule has 1 saturated carbocycles. The lowest BCUT2D eigenvalue weighted by Gasteiger charge is -2.34. The van der Waals surface area contributed by atoms with Crippen LogP contribution in [0.15, 0.2) is 29.2 Å². The van der Waals surface area contributed by atoms with Crippen LogP contribution in [0.25, 0.3) is 0 Å². The Kier molecular flexibility index (Phi) is 6.63. The van der Waals surface area contributed by atoms with Gasteiger partial charge in [-0.25, -0.2) is 13.1 Å². The maximum atomic E-state index is 12.7. The second kappa shape index (κ2) is 8.32. The second-order valence-electron chi connectivity index (χ2n) is 7.00. The zero-order valence-electron chi connectivity index (χ0n) is 15.7. The summed E-state index contributed by atoms with van der Waals surface area (Å²) in [5, 5.41) is 0. The van der Waals surface area contributed by atoms with Gasteiger partial charge in [-0.2, -0.15) is 0 Å². The second-order valence-corrected chi connectivity index (χ2v) is 8.71. The summed E-state index contributed by atoms with van der Waals surface area (Å²) in [6.07, 6.45) is 3.08. The molecule has 0 aliphatic heterocycles. The maximum absolute atomic E-state index is 12.7. The van der Waals surface area contributed by atoms with Crippen LogP contribution in [-0.2, 0) is 10.0 Å². The van der Waals surface area contributed by atoms with Crippen LogP contribution in [0.5, 0.6) is 0 Å². The third kappa shape index (κ3) is 4.61. The molecule has 1 aromatic rings. The molecule has 140 valence electrons. The Labute approximate surface area is 151 Å². The van der Waals surface area contributed by atoms with E-state index in [1.165, 1.54) is 12.1 Å². The third-order valence-electron chi connectivity index (χ3n) is 5.48. The summed E-state index contributed by atoms with van der Waals surface area (Å²) >= 11 is 0. The topological polar surface area (TPSA) is 66.5 Å². The number of sulfonamides is 1. The molecule has 0 spiro atoms. The molecule has 0 aromatic heterocycles. The van der Waals surface area contributed by atoms with E-state index < -0.39 is 10.0 Å². The van der Waals surface area contributed by atoms with Crippen LogP contribution in [0.1, 0.15) is 57.3 Å². The summed E-state index contributed by atoms with van der Waals surface area (Å²) < 4.78 is 28.2. The molecule has 1 aliphatic rings. The van der Waals surface area contributed by atoms with Crippen molar-refractivity contribution >= 4 is 15.9 Å². The van der Waals surface area contributed by atoms with Crippen LogP contribution >= 0.6 is 0 Å². The van der Waals surface area contributed by atoms with Crippen LogP contribution in [0.4, 0.5) is 0 Å². The SMILES string of the molecule is CCN(CC)C(=O)c1ccc(S(=O)(=O)NC2CCCC(C)C2C)cc1. The quantitative estimate of drug-likeness (QED) is 0.840. The predicted molar refractivity (Wildman–Crippen MR) is 100.0 cm³/mol. The molecular formula is C19H30N2O3S. The molecule has 1 fully saturated rings. The molecule has 3 unspecified atom stereocenters. The van der Waals surface area contributed by atoms with Crippen LogP contribution in [0, 0.1) is 11.8 Å². The molecule has 3 atom stereocenters. The molecule has 2 rings (SSSR count). The predicted octanol–water partition coefficient (Wildman–Crippen LogP) is 3.27. The first-order valence-corrected chi connectivity index (χ1v) is 10.7. The molecule has 6 heteroatoms. The minimum atomic E-state index is -3.56. The summed E-state index contributed by atoms with van der Waals surface area (Å²) in [7, 11) is -3.56. The molecule has 1 aliphatic carbocycles. The highest BCUT2D eigenvalue weighted by atomic mass is 32.2. The van der Waals surface area contributed by atoms with E-state index in [2.05, 4.69) is 18.6 Å². The van der Waals surface area contributed by atoms with Crippen molar-refractivity contribution in [3.8, 4) is 0 Å². The van der Waals surface area contributed by atoms with E-state index in [0.717, 1.165) is 19.3 Å². The van der Waals surface area contributed by atoms with Gasteiger partial charge in [-0.15, -0.1) is 0 Å². The van der Waals surface area contributed by atoms with E-state index in [9.17, 15) is 13.2 Å². The monoisotopic (exact) mass is 366 g/mol. The van der Waals surface area contributed by atoms with Crippen molar-refractivity contribution in [1.82, 2.24) is 9.62 Å². The van der Waals surface area contributed by atoms with E-state index in [4.69, 9.17) is 0 Å². The minimum absolute atomic E-state index is 0.0225. The van der Waals surface area contributed by atoms with E-state index in [0.29, 0.717) is 30.5 Å². The molecule has 1 amide bonds. The summed E-state index contributed by atoms with van der Waals surface area (Å²) in [6.45, 7) is 9.41. The Hall–Kier alpha value is -1.40. The maximum Gasteiger partial charge on any atom is 0.253 e. The number of benzene rings is 1. The van der Waals surface area contributed by atoms with Gasteiger partial charge in [0.1, 0.15) is 0 Å². The standard InChI is InChI=1S/C19H30N2O3S/c1-5-21(6-2)19(22)16-10-12-17(13-11-16)25(23,24)20-18-9-7-8-14(3)15(18)4/h10-15,18,20H,5-9H2,1-4H3. The number of carbonyl (C=O) groups excluding carboxylic acids is 1. The summed E-state index contributed by atoms with van der Waals surface area (Å²) in [6, 6.07) is 6.22. The highest BCUT2D eigenvalue weighted by Crippen LogP contribution is 2.30. The zero-order valence-corrected chi connectivity index (χ0v) is 16.5. The lowest BCUT2D eigenvalue weighted by atomic mass is 9.78. The van der Waals surface area contributed by atoms with E-state index in [1.54, 1.807) is 17.0 Å². The molecule has 1 N–H and O–H groups in total. The Bertz CT molecular complexity index is 681. The van der Waals surface area contributed by atoms with Crippen LogP contribution in [0.3, 0.4) is 0 Å². The van der Waals surface area contributed by atoms with Crippen molar-refractivity contribution in [2.75, 3.05) is 13.1 Å². The first kappa shape index (κ1) is 19.9. The van der Waals surface area contributed by atoms with Gasteiger partial charge in [0.2, 0.25) is 10.0 Å². The smallest absolute Gasteiger partial charge is 0.253 e. The third-order valence-corrected chi connectivity index (χ3v) is 6.98. The fourth-order valence-electron chi connectivity index (χ4n) is 3.49. The number of amides is 1. The van der Waals surface area contributed by atoms with E-state index in [-0.39, 0.29) is 16.8 Å². The number of hydrogen-bond donors (Lipinski definition) is 1. The number of hydrogen-bond acceptors (Lipinski definition) is 3. The number of rotatable bonds is 6. The van der Waals surface area contributed by atoms with Gasteiger partial charge in [0.15, 0.2) is 0 Å². The number of nitrogens with one attached hydrogen (secondary N) is 1. The molecule has 25 heavy (non-hydrogen) atoms. The summed E-state index contributed by atoms with van der Waals surface area (Å²) in [4.78, 5) is 14.3. The average Bonchev–Trinajstić information content (AvgIpc) is 2.60. The van der Waals surface area contributed by atoms with Crippen LogP contribution in [-0.4, -0.2) is 38.4 Å². The van der Waals surface area contributed by atoms with Gasteiger partial charge >= 0.3 is 0 Å². The molecule has 0 saturated heterocycles. The van der Waals surface area contributed by atoms with Crippen molar-refractivity contribution in [2.45, 2.75) is 57.9 Å². The lowest BCUT2D eigenvalue weighted by molar-refractivity contribution is 0.0773. The Balaban J connectivity index is 2.13. The Morgan fingerprint density at radius 3 is 2.28 bits per heavy atom. The molecule has 0 bridgehead atoms. The lowest BCUT2D eigenvalue weighted by Crippen LogP contribution is -2.43. The van der Waals surface area contributed by atoms with Crippen molar-refractivity contribution in [3.63, 3.8) is 0 Å². The van der Waals surface area contributed by atoms with Crippen molar-refractivity contribution < 1.29 is 13.2 Å². The highest BCUT2D eigenvalue weighted by Gasteiger charge is 2.30. The molecule has 0 heterocycles. The van der Waals surface area contributed by atoms with Gasteiger partial charge in [0.05, 0.1) is 4.90 Å². The van der Waals surface area contributed by atoms with Crippen LogP contribution < -0.4 is 4.72 Å². The Morgan fingerprint density at radius 1 is 1.12 bits per heavy atom. The van der Waals surface area contributed by atoms with Crippen molar-refractivity contribution in [3.05, 3.63) is 29.8 Å². The fraction of sp³-hybridized carbons (Fsp3) is 0.632. The van der Waals surface area contributed by atoms with Crippen LogP contribution in [0.2, 0.25) is 0 Å². The highest BCUT2D eigenvalue weighted by molar-refractivity contribution is 7.89. The average molecular weight is 367 g/mol. The zero-order chi connectivity index (χ0) is 18.6. The first-order valence-electron chi connectivity index (χ1n) is 9.21. The van der Waals surface area contributed by atoms with Gasteiger partial charge in [-0.1, -0.05) is 26.7 Å². The first-order chi connectivity index (χ1) is 11.8. The normalized spacial score (nSPS) is 24.1. The summed E-state index contributed by atoms with van der Waals surface area (Å²) in [5.74, 6) is 0.777. The molecule has 0 radical (unpaired) electrons. The molecule has 5 nitrogen and oxygen atoms in total. The van der Waals surface area contributed by atoms with Gasteiger partial charge in [0, 0.05) is 24.7 Å². The fourth-order valence-corrected chi connectivity index (χ4v) is 4.85. The van der Waals surface area contributed by atoms with Gasteiger partial charge in [-0.05, 0) is 56.4 Å². The molecular weight excluding hydrogens is 336 g/mol. The molecule has 1 aromatic carbocycles.